The molecule has 1 aliphatic heterocycles. The highest BCUT2D eigenvalue weighted by Crippen LogP contribution is 2.35. The van der Waals surface area contributed by atoms with Gasteiger partial charge in [0, 0.05) is 24.1 Å². The van der Waals surface area contributed by atoms with E-state index in [0.29, 0.717) is 12.0 Å². The first kappa shape index (κ1) is 14.4. The molecular formula is C16H25NO2. The summed E-state index contributed by atoms with van der Waals surface area (Å²) in [5.41, 5.74) is 1.32. The van der Waals surface area contributed by atoms with Crippen LogP contribution in [0.25, 0.3) is 0 Å². The highest BCUT2D eigenvalue weighted by atomic mass is 16.5. The SMILES string of the molecule is CCCNC(COCCC)C1COc2ccccc21. The van der Waals surface area contributed by atoms with Crippen LogP contribution in [0.3, 0.4) is 0 Å². The molecule has 1 aromatic rings. The molecule has 0 spiro atoms. The van der Waals surface area contributed by atoms with Gasteiger partial charge in [0.25, 0.3) is 0 Å². The average molecular weight is 263 g/mol. The van der Waals surface area contributed by atoms with E-state index in [0.717, 1.165) is 45.0 Å². The number of nitrogens with one attached hydrogen (secondary N) is 1. The normalized spacial score (nSPS) is 18.9. The van der Waals surface area contributed by atoms with Crippen LogP contribution in [-0.2, 0) is 4.74 Å². The van der Waals surface area contributed by atoms with Gasteiger partial charge in [-0.05, 0) is 25.5 Å². The van der Waals surface area contributed by atoms with Crippen molar-refractivity contribution in [1.29, 1.82) is 0 Å². The van der Waals surface area contributed by atoms with Gasteiger partial charge in [-0.3, -0.25) is 0 Å². The Kier molecular flexibility index (Phi) is 5.67. The first-order valence-corrected chi connectivity index (χ1v) is 7.39. The number of benzene rings is 1. The molecule has 0 aromatic heterocycles. The molecule has 1 aromatic carbocycles. The fourth-order valence-electron chi connectivity index (χ4n) is 2.52. The van der Waals surface area contributed by atoms with Crippen LogP contribution in [0.2, 0.25) is 0 Å². The predicted octanol–water partition coefficient (Wildman–Crippen LogP) is 2.96. The maximum absolute atomic E-state index is 5.78. The fraction of sp³-hybridized carbons (Fsp3) is 0.625. The van der Waals surface area contributed by atoms with E-state index >= 15 is 0 Å². The standard InChI is InChI=1S/C16H25NO2/c1-3-9-17-15(12-18-10-4-2)14-11-19-16-8-6-5-7-13(14)16/h5-8,14-15,17H,3-4,9-12H2,1-2H3. The lowest BCUT2D eigenvalue weighted by atomic mass is 9.93. The van der Waals surface area contributed by atoms with Crippen LogP contribution in [0.1, 0.15) is 38.2 Å². The summed E-state index contributed by atoms with van der Waals surface area (Å²) in [7, 11) is 0. The molecule has 0 saturated heterocycles. The Morgan fingerprint density at radius 1 is 1.32 bits per heavy atom. The third-order valence-electron chi connectivity index (χ3n) is 3.52. The van der Waals surface area contributed by atoms with Crippen molar-refractivity contribution in [3.8, 4) is 5.75 Å². The topological polar surface area (TPSA) is 30.5 Å². The second kappa shape index (κ2) is 7.51. The predicted molar refractivity (Wildman–Crippen MR) is 77.9 cm³/mol. The van der Waals surface area contributed by atoms with Gasteiger partial charge in [-0.2, -0.15) is 0 Å². The zero-order chi connectivity index (χ0) is 13.5. The van der Waals surface area contributed by atoms with Crippen molar-refractivity contribution in [3.05, 3.63) is 29.8 Å². The Labute approximate surface area is 116 Å². The minimum Gasteiger partial charge on any atom is -0.493 e. The second-order valence-electron chi connectivity index (χ2n) is 5.09. The van der Waals surface area contributed by atoms with E-state index in [-0.39, 0.29) is 0 Å². The van der Waals surface area contributed by atoms with E-state index in [1.807, 2.05) is 6.07 Å². The lowest BCUT2D eigenvalue weighted by molar-refractivity contribution is 0.100. The van der Waals surface area contributed by atoms with Crippen LogP contribution < -0.4 is 10.1 Å². The summed E-state index contributed by atoms with van der Waals surface area (Å²) in [6.07, 6.45) is 2.21. The van der Waals surface area contributed by atoms with Crippen molar-refractivity contribution < 1.29 is 9.47 Å². The summed E-state index contributed by atoms with van der Waals surface area (Å²) in [6.45, 7) is 7.71. The Hall–Kier alpha value is -1.06. The number of rotatable bonds is 8. The van der Waals surface area contributed by atoms with E-state index in [4.69, 9.17) is 9.47 Å². The maximum Gasteiger partial charge on any atom is 0.122 e. The summed E-state index contributed by atoms with van der Waals surface area (Å²) in [6, 6.07) is 8.69. The third kappa shape index (κ3) is 3.71. The average Bonchev–Trinajstić information content (AvgIpc) is 2.87. The van der Waals surface area contributed by atoms with Gasteiger partial charge in [0.15, 0.2) is 0 Å². The number of hydrogen-bond donors (Lipinski definition) is 1. The maximum atomic E-state index is 5.78. The number of para-hydroxylation sites is 1. The summed E-state index contributed by atoms with van der Waals surface area (Å²) >= 11 is 0. The molecule has 3 heteroatoms. The Morgan fingerprint density at radius 2 is 2.16 bits per heavy atom. The largest absolute Gasteiger partial charge is 0.493 e. The van der Waals surface area contributed by atoms with Crippen LogP contribution in [0.4, 0.5) is 0 Å². The van der Waals surface area contributed by atoms with E-state index in [2.05, 4.69) is 37.4 Å². The molecule has 1 aliphatic rings. The first-order chi connectivity index (χ1) is 9.36. The molecule has 0 amide bonds. The lowest BCUT2D eigenvalue weighted by Crippen LogP contribution is -2.40. The Balaban J connectivity index is 2.01. The number of hydrogen-bond acceptors (Lipinski definition) is 3. The molecule has 0 radical (unpaired) electrons. The third-order valence-corrected chi connectivity index (χ3v) is 3.52. The molecule has 2 rings (SSSR count). The van der Waals surface area contributed by atoms with Crippen molar-refractivity contribution in [3.63, 3.8) is 0 Å². The minimum atomic E-state index is 0.343. The van der Waals surface area contributed by atoms with Gasteiger partial charge in [-0.15, -0.1) is 0 Å². The minimum absolute atomic E-state index is 0.343. The summed E-state index contributed by atoms with van der Waals surface area (Å²) in [5.74, 6) is 1.44. The van der Waals surface area contributed by atoms with E-state index < -0.39 is 0 Å². The number of fused-ring (bicyclic) bond motifs is 1. The van der Waals surface area contributed by atoms with Crippen LogP contribution in [0.15, 0.2) is 24.3 Å². The first-order valence-electron chi connectivity index (χ1n) is 7.39. The van der Waals surface area contributed by atoms with Crippen LogP contribution >= 0.6 is 0 Å². The van der Waals surface area contributed by atoms with Crippen LogP contribution in [0, 0.1) is 0 Å². The Bertz CT molecular complexity index is 381. The van der Waals surface area contributed by atoms with E-state index in [9.17, 15) is 0 Å². The molecule has 19 heavy (non-hydrogen) atoms. The Morgan fingerprint density at radius 3 is 2.95 bits per heavy atom. The molecule has 0 fully saturated rings. The van der Waals surface area contributed by atoms with Crippen molar-refractivity contribution in [2.24, 2.45) is 0 Å². The zero-order valence-electron chi connectivity index (χ0n) is 12.0. The van der Waals surface area contributed by atoms with Crippen molar-refractivity contribution in [1.82, 2.24) is 5.32 Å². The smallest absolute Gasteiger partial charge is 0.122 e. The highest BCUT2D eigenvalue weighted by molar-refractivity contribution is 5.40. The van der Waals surface area contributed by atoms with Crippen molar-refractivity contribution in [2.75, 3.05) is 26.4 Å². The van der Waals surface area contributed by atoms with Gasteiger partial charge in [-0.1, -0.05) is 32.0 Å². The van der Waals surface area contributed by atoms with Gasteiger partial charge < -0.3 is 14.8 Å². The molecule has 0 saturated carbocycles. The second-order valence-corrected chi connectivity index (χ2v) is 5.09. The molecule has 0 aliphatic carbocycles. The molecule has 2 atom stereocenters. The zero-order valence-corrected chi connectivity index (χ0v) is 12.0. The van der Waals surface area contributed by atoms with Gasteiger partial charge in [0.1, 0.15) is 5.75 Å². The quantitative estimate of drug-likeness (QED) is 0.731. The monoisotopic (exact) mass is 263 g/mol. The van der Waals surface area contributed by atoms with Crippen molar-refractivity contribution >= 4 is 0 Å². The van der Waals surface area contributed by atoms with E-state index in [1.54, 1.807) is 0 Å². The molecule has 0 bridgehead atoms. The van der Waals surface area contributed by atoms with Gasteiger partial charge in [0.05, 0.1) is 13.2 Å². The summed E-state index contributed by atoms with van der Waals surface area (Å²) in [4.78, 5) is 0. The van der Waals surface area contributed by atoms with Crippen molar-refractivity contribution in [2.45, 2.75) is 38.6 Å². The highest BCUT2D eigenvalue weighted by Gasteiger charge is 2.30. The van der Waals surface area contributed by atoms with Gasteiger partial charge >= 0.3 is 0 Å². The molecule has 106 valence electrons. The van der Waals surface area contributed by atoms with Crippen LogP contribution in [-0.4, -0.2) is 32.4 Å². The molecule has 2 unspecified atom stereocenters. The van der Waals surface area contributed by atoms with Gasteiger partial charge in [-0.25, -0.2) is 0 Å². The summed E-state index contributed by atoms with van der Waals surface area (Å²) < 4.78 is 11.5. The van der Waals surface area contributed by atoms with Gasteiger partial charge in [0.2, 0.25) is 0 Å². The molecule has 1 N–H and O–H groups in total. The molecule has 3 nitrogen and oxygen atoms in total. The molecular weight excluding hydrogens is 238 g/mol. The van der Waals surface area contributed by atoms with Crippen LogP contribution in [0.5, 0.6) is 5.75 Å². The lowest BCUT2D eigenvalue weighted by Gasteiger charge is -2.24. The number of ether oxygens (including phenoxy) is 2. The molecule has 1 heterocycles. The fourth-order valence-corrected chi connectivity index (χ4v) is 2.52. The summed E-state index contributed by atoms with van der Waals surface area (Å²) in [5, 5.41) is 3.61. The van der Waals surface area contributed by atoms with E-state index in [1.165, 1.54) is 5.56 Å².